The van der Waals surface area contributed by atoms with E-state index in [-0.39, 0.29) is 16.8 Å². The Kier molecular flexibility index (Phi) is 4.27. The van der Waals surface area contributed by atoms with E-state index < -0.39 is 17.3 Å². The van der Waals surface area contributed by atoms with Gasteiger partial charge in [0.25, 0.3) is 0 Å². The molecular formula is C11H14BrF3N2O. The summed E-state index contributed by atoms with van der Waals surface area (Å²) in [6, 6.07) is 0.975. The van der Waals surface area contributed by atoms with E-state index in [1.165, 1.54) is 32.0 Å². The van der Waals surface area contributed by atoms with E-state index in [2.05, 4.69) is 20.9 Å². The Bertz CT molecular complexity index is 429. The van der Waals surface area contributed by atoms with Crippen LogP contribution in [-0.4, -0.2) is 29.3 Å². The van der Waals surface area contributed by atoms with Crippen LogP contribution < -0.4 is 4.90 Å². The number of anilines is 1. The highest BCUT2D eigenvalue weighted by Gasteiger charge is 2.36. The van der Waals surface area contributed by atoms with Gasteiger partial charge in [-0.3, -0.25) is 0 Å². The Balaban J connectivity index is 3.16. The fourth-order valence-corrected chi connectivity index (χ4v) is 1.93. The van der Waals surface area contributed by atoms with E-state index >= 15 is 0 Å². The molecule has 0 aromatic carbocycles. The molecule has 0 saturated carbocycles. The summed E-state index contributed by atoms with van der Waals surface area (Å²) in [7, 11) is 1.46. The van der Waals surface area contributed by atoms with Crippen molar-refractivity contribution in [2.45, 2.75) is 25.6 Å². The molecule has 3 nitrogen and oxygen atoms in total. The van der Waals surface area contributed by atoms with Crippen LogP contribution in [0.3, 0.4) is 0 Å². The highest BCUT2D eigenvalue weighted by Crippen LogP contribution is 2.36. The normalized spacial score (nSPS) is 12.7. The summed E-state index contributed by atoms with van der Waals surface area (Å²) in [5, 5.41) is 9.64. The second-order valence-electron chi connectivity index (χ2n) is 4.69. The molecule has 1 rings (SSSR count). The Morgan fingerprint density at radius 2 is 1.94 bits per heavy atom. The van der Waals surface area contributed by atoms with E-state index in [1.807, 2.05) is 0 Å². The Morgan fingerprint density at radius 1 is 1.39 bits per heavy atom. The molecule has 1 aromatic heterocycles. The van der Waals surface area contributed by atoms with Crippen molar-refractivity contribution >= 4 is 21.7 Å². The smallest absolute Gasteiger partial charge is 0.389 e. The molecule has 0 aliphatic carbocycles. The lowest BCUT2D eigenvalue weighted by Crippen LogP contribution is -2.37. The lowest BCUT2D eigenvalue weighted by atomic mass is 10.1. The van der Waals surface area contributed by atoms with Gasteiger partial charge in [-0.05, 0) is 35.8 Å². The zero-order chi connectivity index (χ0) is 14.1. The van der Waals surface area contributed by atoms with Crippen LogP contribution in [-0.2, 0) is 6.18 Å². The number of rotatable bonds is 3. The number of aromatic nitrogens is 1. The van der Waals surface area contributed by atoms with Crippen molar-refractivity contribution in [1.29, 1.82) is 0 Å². The number of likely N-dealkylation sites (N-methyl/N-ethyl adjacent to an activating group) is 1. The Labute approximate surface area is 112 Å². The number of hydrogen-bond acceptors (Lipinski definition) is 3. The molecule has 102 valence electrons. The molecule has 0 fully saturated rings. The van der Waals surface area contributed by atoms with Crippen LogP contribution in [0.4, 0.5) is 19.0 Å². The molecule has 0 atom stereocenters. The van der Waals surface area contributed by atoms with Gasteiger partial charge in [-0.25, -0.2) is 4.98 Å². The zero-order valence-electron chi connectivity index (χ0n) is 10.2. The molecular weight excluding hydrogens is 313 g/mol. The van der Waals surface area contributed by atoms with Crippen LogP contribution in [0.1, 0.15) is 19.4 Å². The number of pyridine rings is 1. The van der Waals surface area contributed by atoms with Gasteiger partial charge >= 0.3 is 6.18 Å². The van der Waals surface area contributed by atoms with Gasteiger partial charge in [-0.15, -0.1) is 0 Å². The van der Waals surface area contributed by atoms with Crippen molar-refractivity contribution in [1.82, 2.24) is 4.98 Å². The fourth-order valence-electron chi connectivity index (χ4n) is 1.60. The monoisotopic (exact) mass is 326 g/mol. The van der Waals surface area contributed by atoms with Gasteiger partial charge in [0, 0.05) is 24.3 Å². The van der Waals surface area contributed by atoms with Crippen molar-refractivity contribution in [3.63, 3.8) is 0 Å². The molecule has 0 aliphatic rings. The van der Waals surface area contributed by atoms with Crippen LogP contribution in [0.5, 0.6) is 0 Å². The second-order valence-corrected chi connectivity index (χ2v) is 5.61. The average Bonchev–Trinajstić information content (AvgIpc) is 2.13. The standard InChI is InChI=1S/C11H14BrF3N2O/c1-10(2,18)6-17(3)9-8(11(13,14)15)4-7(12)5-16-9/h4-5,18H,6H2,1-3H3. The Hall–Kier alpha value is -0.820. The van der Waals surface area contributed by atoms with E-state index in [9.17, 15) is 18.3 Å². The first-order valence-corrected chi connectivity index (χ1v) is 5.96. The number of alkyl halides is 3. The van der Waals surface area contributed by atoms with Crippen LogP contribution in [0, 0.1) is 0 Å². The molecule has 1 N–H and O–H groups in total. The summed E-state index contributed by atoms with van der Waals surface area (Å²) < 4.78 is 38.9. The number of nitrogens with zero attached hydrogens (tertiary/aromatic N) is 2. The predicted octanol–water partition coefficient (Wildman–Crippen LogP) is 3.07. The quantitative estimate of drug-likeness (QED) is 0.927. The SMILES string of the molecule is CN(CC(C)(C)O)c1ncc(Br)cc1C(F)(F)F. The topological polar surface area (TPSA) is 36.4 Å². The van der Waals surface area contributed by atoms with Crippen LogP contribution >= 0.6 is 15.9 Å². The van der Waals surface area contributed by atoms with Gasteiger partial charge in [0.1, 0.15) is 5.82 Å². The molecule has 0 saturated heterocycles. The van der Waals surface area contributed by atoms with E-state index in [0.29, 0.717) is 0 Å². The van der Waals surface area contributed by atoms with Crippen molar-refractivity contribution in [2.24, 2.45) is 0 Å². The average molecular weight is 327 g/mol. The molecule has 7 heteroatoms. The van der Waals surface area contributed by atoms with Crippen molar-refractivity contribution in [2.75, 3.05) is 18.5 Å². The fraction of sp³-hybridized carbons (Fsp3) is 0.545. The molecule has 1 heterocycles. The van der Waals surface area contributed by atoms with Gasteiger partial charge in [-0.1, -0.05) is 0 Å². The number of aliphatic hydroxyl groups is 1. The van der Waals surface area contributed by atoms with Crippen LogP contribution in [0.15, 0.2) is 16.7 Å². The minimum atomic E-state index is -4.49. The summed E-state index contributed by atoms with van der Waals surface area (Å²) in [4.78, 5) is 5.06. The minimum absolute atomic E-state index is 0.0463. The maximum absolute atomic E-state index is 12.9. The molecule has 0 unspecified atom stereocenters. The predicted molar refractivity (Wildman–Crippen MR) is 66.5 cm³/mol. The van der Waals surface area contributed by atoms with Gasteiger partial charge in [-0.2, -0.15) is 13.2 Å². The molecule has 0 spiro atoms. The minimum Gasteiger partial charge on any atom is -0.389 e. The van der Waals surface area contributed by atoms with E-state index in [4.69, 9.17) is 0 Å². The zero-order valence-corrected chi connectivity index (χ0v) is 11.8. The summed E-state index contributed by atoms with van der Waals surface area (Å²) in [5.41, 5.74) is -1.93. The lowest BCUT2D eigenvalue weighted by molar-refractivity contribution is -0.137. The van der Waals surface area contributed by atoms with Gasteiger partial charge in [0.15, 0.2) is 0 Å². The maximum atomic E-state index is 12.9. The molecule has 0 radical (unpaired) electrons. The molecule has 0 aliphatic heterocycles. The highest BCUT2D eigenvalue weighted by molar-refractivity contribution is 9.10. The molecule has 18 heavy (non-hydrogen) atoms. The Morgan fingerprint density at radius 3 is 2.39 bits per heavy atom. The van der Waals surface area contributed by atoms with E-state index in [1.54, 1.807) is 0 Å². The molecule has 0 amide bonds. The summed E-state index contributed by atoms with van der Waals surface area (Å²) in [5.74, 6) is -0.201. The lowest BCUT2D eigenvalue weighted by Gasteiger charge is -2.28. The van der Waals surface area contributed by atoms with Crippen molar-refractivity contribution in [3.05, 3.63) is 22.3 Å². The summed E-state index contributed by atoms with van der Waals surface area (Å²) >= 11 is 2.97. The largest absolute Gasteiger partial charge is 0.419 e. The van der Waals surface area contributed by atoms with Crippen molar-refractivity contribution in [3.8, 4) is 0 Å². The summed E-state index contributed by atoms with van der Waals surface area (Å²) in [6.07, 6.45) is -3.19. The third-order valence-electron chi connectivity index (χ3n) is 2.12. The summed E-state index contributed by atoms with van der Waals surface area (Å²) in [6.45, 7) is 3.09. The third kappa shape index (κ3) is 4.13. The molecule has 1 aromatic rings. The maximum Gasteiger partial charge on any atom is 0.419 e. The van der Waals surface area contributed by atoms with Crippen LogP contribution in [0.25, 0.3) is 0 Å². The first-order chi connectivity index (χ1) is 8.00. The van der Waals surface area contributed by atoms with Crippen molar-refractivity contribution < 1.29 is 18.3 Å². The van der Waals surface area contributed by atoms with E-state index in [0.717, 1.165) is 6.07 Å². The second kappa shape index (κ2) is 5.05. The van der Waals surface area contributed by atoms with Gasteiger partial charge in [0.05, 0.1) is 11.2 Å². The number of hydrogen-bond donors (Lipinski definition) is 1. The van der Waals surface area contributed by atoms with Gasteiger partial charge < -0.3 is 10.0 Å². The highest BCUT2D eigenvalue weighted by atomic mass is 79.9. The molecule has 0 bridgehead atoms. The van der Waals surface area contributed by atoms with Gasteiger partial charge in [0.2, 0.25) is 0 Å². The number of halogens is 4. The third-order valence-corrected chi connectivity index (χ3v) is 2.56. The first kappa shape index (κ1) is 15.2. The van der Waals surface area contributed by atoms with Crippen LogP contribution in [0.2, 0.25) is 0 Å². The first-order valence-electron chi connectivity index (χ1n) is 5.17.